The van der Waals surface area contributed by atoms with Gasteiger partial charge in [-0.05, 0) is 69.8 Å². The molecule has 0 fully saturated rings. The van der Waals surface area contributed by atoms with Gasteiger partial charge in [0.05, 0.1) is 11.0 Å². The SMILES string of the molecule is CC1(C)c2ccccc2-c2ccc(-c3nc(-c4ccccc4)nc(-c4cccc5oc6cc(-n7c8ccccc8c8ccc(-c9ccccc9)cc87)ccc6c45)n3)cc21. The van der Waals surface area contributed by atoms with Gasteiger partial charge < -0.3 is 8.98 Å². The highest BCUT2D eigenvalue weighted by molar-refractivity contribution is 6.13. The molecule has 0 saturated carbocycles. The van der Waals surface area contributed by atoms with E-state index in [4.69, 9.17) is 19.4 Å². The first-order valence-corrected chi connectivity index (χ1v) is 20.1. The van der Waals surface area contributed by atoms with Crippen molar-refractivity contribution in [2.75, 3.05) is 0 Å². The Morgan fingerprint density at radius 3 is 1.90 bits per heavy atom. The second-order valence-electron chi connectivity index (χ2n) is 16.0. The summed E-state index contributed by atoms with van der Waals surface area (Å²) < 4.78 is 9.07. The van der Waals surface area contributed by atoms with E-state index in [1.54, 1.807) is 0 Å². The highest BCUT2D eigenvalue weighted by Gasteiger charge is 2.35. The van der Waals surface area contributed by atoms with Gasteiger partial charge in [-0.1, -0.05) is 153 Å². The molecule has 1 aliphatic carbocycles. The third-order valence-corrected chi connectivity index (χ3v) is 12.3. The van der Waals surface area contributed by atoms with Gasteiger partial charge in [-0.2, -0.15) is 0 Å². The molecule has 5 heteroatoms. The van der Waals surface area contributed by atoms with Crippen LogP contribution in [0.3, 0.4) is 0 Å². The van der Waals surface area contributed by atoms with E-state index in [0.717, 1.165) is 55.3 Å². The zero-order chi connectivity index (χ0) is 39.2. The molecule has 278 valence electrons. The molecule has 12 rings (SSSR count). The molecule has 3 heterocycles. The van der Waals surface area contributed by atoms with Crippen molar-refractivity contribution in [1.29, 1.82) is 0 Å². The van der Waals surface area contributed by atoms with E-state index in [1.165, 1.54) is 44.2 Å². The third-order valence-electron chi connectivity index (χ3n) is 12.3. The fourth-order valence-electron chi connectivity index (χ4n) is 9.38. The van der Waals surface area contributed by atoms with Gasteiger partial charge in [-0.25, -0.2) is 15.0 Å². The molecule has 0 spiro atoms. The van der Waals surface area contributed by atoms with Crippen LogP contribution in [0, 0.1) is 0 Å². The molecule has 0 aliphatic heterocycles. The van der Waals surface area contributed by atoms with Crippen molar-refractivity contribution in [2.45, 2.75) is 19.3 Å². The van der Waals surface area contributed by atoms with Crippen LogP contribution in [0.25, 0.3) is 106 Å². The molecule has 0 unspecified atom stereocenters. The van der Waals surface area contributed by atoms with E-state index in [2.05, 4.69) is 170 Å². The Balaban J connectivity index is 1.03. The van der Waals surface area contributed by atoms with E-state index >= 15 is 0 Å². The van der Waals surface area contributed by atoms with Crippen molar-refractivity contribution in [3.63, 3.8) is 0 Å². The van der Waals surface area contributed by atoms with Crippen LogP contribution >= 0.6 is 0 Å². The number of hydrogen-bond acceptors (Lipinski definition) is 4. The summed E-state index contributed by atoms with van der Waals surface area (Å²) in [5.74, 6) is 1.86. The van der Waals surface area contributed by atoms with Crippen LogP contribution in [0.15, 0.2) is 186 Å². The topological polar surface area (TPSA) is 56.7 Å². The molecule has 5 nitrogen and oxygen atoms in total. The molecule has 0 radical (unpaired) electrons. The molecule has 11 aromatic rings. The van der Waals surface area contributed by atoms with Crippen LogP contribution in [0.5, 0.6) is 0 Å². The minimum Gasteiger partial charge on any atom is -0.456 e. The summed E-state index contributed by atoms with van der Waals surface area (Å²) in [5.41, 5.74) is 15.1. The molecule has 0 N–H and O–H groups in total. The smallest absolute Gasteiger partial charge is 0.164 e. The third kappa shape index (κ3) is 5.14. The van der Waals surface area contributed by atoms with Gasteiger partial charge >= 0.3 is 0 Å². The van der Waals surface area contributed by atoms with Crippen molar-refractivity contribution >= 4 is 43.7 Å². The van der Waals surface area contributed by atoms with Crippen molar-refractivity contribution in [3.8, 4) is 62.1 Å². The van der Waals surface area contributed by atoms with Crippen LogP contribution in [0.4, 0.5) is 0 Å². The Kier molecular flexibility index (Phi) is 7.20. The van der Waals surface area contributed by atoms with Crippen molar-refractivity contribution < 1.29 is 4.42 Å². The molecule has 3 aromatic heterocycles. The Morgan fingerprint density at radius 2 is 1.05 bits per heavy atom. The Hall–Kier alpha value is -7.63. The predicted molar refractivity (Wildman–Crippen MR) is 241 cm³/mol. The summed E-state index contributed by atoms with van der Waals surface area (Å²) in [7, 11) is 0. The number of nitrogens with zero attached hydrogens (tertiary/aromatic N) is 4. The minimum absolute atomic E-state index is 0.149. The molecular formula is C54H36N4O. The lowest BCUT2D eigenvalue weighted by atomic mass is 9.82. The maximum atomic E-state index is 6.72. The van der Waals surface area contributed by atoms with E-state index in [1.807, 2.05) is 30.3 Å². The van der Waals surface area contributed by atoms with Gasteiger partial charge in [0.15, 0.2) is 17.5 Å². The summed E-state index contributed by atoms with van der Waals surface area (Å²) in [6.45, 7) is 4.60. The first kappa shape index (κ1) is 33.5. The van der Waals surface area contributed by atoms with Crippen molar-refractivity contribution in [1.82, 2.24) is 19.5 Å². The van der Waals surface area contributed by atoms with Gasteiger partial charge in [0, 0.05) is 55.4 Å². The summed E-state index contributed by atoms with van der Waals surface area (Å²) >= 11 is 0. The standard InChI is InChI=1S/C54H36N4O/c1-54(2)44-21-11-9-18-38(44)39-27-25-36(30-45(39)54)52-55-51(34-16-7-4-8-17-34)56-53(57-52)43-20-13-23-48-50(43)42-29-26-37(32-49(42)59-48)58-46-22-12-10-19-40(46)41-28-24-35(31-47(41)58)33-14-5-3-6-15-33/h3-32H,1-2H3. The number of hydrogen-bond donors (Lipinski definition) is 0. The molecular weight excluding hydrogens is 721 g/mol. The number of benzene rings is 8. The average Bonchev–Trinajstić information content (AvgIpc) is 3.91. The molecule has 59 heavy (non-hydrogen) atoms. The summed E-state index contributed by atoms with van der Waals surface area (Å²) in [6, 6.07) is 64.2. The molecule has 0 atom stereocenters. The monoisotopic (exact) mass is 756 g/mol. The van der Waals surface area contributed by atoms with Gasteiger partial charge in [0.25, 0.3) is 0 Å². The zero-order valence-electron chi connectivity index (χ0n) is 32.5. The largest absolute Gasteiger partial charge is 0.456 e. The van der Waals surface area contributed by atoms with E-state index < -0.39 is 0 Å². The van der Waals surface area contributed by atoms with Gasteiger partial charge in [0.1, 0.15) is 11.2 Å². The number of fused-ring (bicyclic) bond motifs is 9. The first-order chi connectivity index (χ1) is 29.0. The van der Waals surface area contributed by atoms with E-state index in [9.17, 15) is 0 Å². The van der Waals surface area contributed by atoms with E-state index in [-0.39, 0.29) is 5.41 Å². The normalized spacial score (nSPS) is 13.1. The number of aromatic nitrogens is 4. The summed E-state index contributed by atoms with van der Waals surface area (Å²) in [5, 5.41) is 4.41. The van der Waals surface area contributed by atoms with Crippen molar-refractivity contribution in [3.05, 3.63) is 193 Å². The van der Waals surface area contributed by atoms with Crippen molar-refractivity contribution in [2.24, 2.45) is 0 Å². The number of furan rings is 1. The Bertz CT molecular complexity index is 3470. The Labute approximate surface area is 340 Å². The fraction of sp³-hybridized carbons (Fsp3) is 0.0556. The average molecular weight is 757 g/mol. The summed E-state index contributed by atoms with van der Waals surface area (Å²) in [6.07, 6.45) is 0. The molecule has 8 aromatic carbocycles. The van der Waals surface area contributed by atoms with Crippen LogP contribution in [-0.2, 0) is 5.41 Å². The second-order valence-corrected chi connectivity index (χ2v) is 16.0. The maximum Gasteiger partial charge on any atom is 0.164 e. The molecule has 0 amide bonds. The van der Waals surface area contributed by atoms with Gasteiger partial charge in [0.2, 0.25) is 0 Å². The second kappa shape index (κ2) is 12.7. The lowest BCUT2D eigenvalue weighted by Gasteiger charge is -2.21. The van der Waals surface area contributed by atoms with Gasteiger partial charge in [-0.3, -0.25) is 0 Å². The highest BCUT2D eigenvalue weighted by Crippen LogP contribution is 2.49. The molecule has 1 aliphatic rings. The maximum absolute atomic E-state index is 6.72. The fourth-order valence-corrected chi connectivity index (χ4v) is 9.38. The zero-order valence-corrected chi connectivity index (χ0v) is 32.5. The highest BCUT2D eigenvalue weighted by atomic mass is 16.3. The lowest BCUT2D eigenvalue weighted by molar-refractivity contribution is 0.660. The van der Waals surface area contributed by atoms with E-state index in [0.29, 0.717) is 17.5 Å². The minimum atomic E-state index is -0.149. The molecule has 0 saturated heterocycles. The van der Waals surface area contributed by atoms with Crippen LogP contribution in [0.2, 0.25) is 0 Å². The first-order valence-electron chi connectivity index (χ1n) is 20.1. The van der Waals surface area contributed by atoms with Crippen LogP contribution in [-0.4, -0.2) is 19.5 Å². The van der Waals surface area contributed by atoms with Gasteiger partial charge in [-0.15, -0.1) is 0 Å². The quantitative estimate of drug-likeness (QED) is 0.175. The van der Waals surface area contributed by atoms with Crippen LogP contribution in [0.1, 0.15) is 25.0 Å². The Morgan fingerprint density at radius 1 is 0.407 bits per heavy atom. The summed E-state index contributed by atoms with van der Waals surface area (Å²) in [4.78, 5) is 15.5. The lowest BCUT2D eigenvalue weighted by Crippen LogP contribution is -2.15. The number of para-hydroxylation sites is 1. The van der Waals surface area contributed by atoms with Crippen LogP contribution < -0.4 is 0 Å². The molecule has 0 bridgehead atoms. The predicted octanol–water partition coefficient (Wildman–Crippen LogP) is 13.8. The number of rotatable bonds is 5.